The van der Waals surface area contributed by atoms with Gasteiger partial charge in [0, 0.05) is 12.7 Å². The van der Waals surface area contributed by atoms with Gasteiger partial charge in [0.05, 0.1) is 12.1 Å². The van der Waals surface area contributed by atoms with Crippen LogP contribution in [0.2, 0.25) is 0 Å². The van der Waals surface area contributed by atoms with Crippen LogP contribution in [0, 0.1) is 5.82 Å². The zero-order chi connectivity index (χ0) is 12.7. The van der Waals surface area contributed by atoms with E-state index in [9.17, 15) is 4.39 Å². The maximum absolute atomic E-state index is 13.8. The molecule has 1 aromatic carbocycles. The van der Waals surface area contributed by atoms with Crippen LogP contribution in [0.25, 0.3) is 0 Å². The van der Waals surface area contributed by atoms with E-state index in [1.54, 1.807) is 13.2 Å². The molecule has 0 amide bonds. The first kappa shape index (κ1) is 14.1. The molecule has 1 rings (SSSR count). The van der Waals surface area contributed by atoms with Crippen molar-refractivity contribution in [1.29, 1.82) is 0 Å². The Bertz CT molecular complexity index is 330. The molecule has 2 atom stereocenters. The molecule has 2 unspecified atom stereocenters. The van der Waals surface area contributed by atoms with Crippen molar-refractivity contribution in [2.45, 2.75) is 38.8 Å². The van der Waals surface area contributed by atoms with E-state index in [2.05, 4.69) is 12.2 Å². The van der Waals surface area contributed by atoms with Crippen molar-refractivity contribution in [3.63, 3.8) is 0 Å². The normalized spacial score (nSPS) is 14.6. The number of rotatable bonds is 7. The van der Waals surface area contributed by atoms with E-state index in [1.807, 2.05) is 19.1 Å². The van der Waals surface area contributed by atoms with Gasteiger partial charge in [0.2, 0.25) is 0 Å². The van der Waals surface area contributed by atoms with Crippen molar-refractivity contribution in [1.82, 2.24) is 5.32 Å². The average molecular weight is 239 g/mol. The fourth-order valence-corrected chi connectivity index (χ4v) is 2.09. The van der Waals surface area contributed by atoms with Crippen LogP contribution in [-0.2, 0) is 4.74 Å². The Labute approximate surface area is 103 Å². The van der Waals surface area contributed by atoms with Crippen LogP contribution in [-0.4, -0.2) is 19.8 Å². The van der Waals surface area contributed by atoms with E-state index in [4.69, 9.17) is 4.74 Å². The molecular formula is C14H22FNO. The van der Waals surface area contributed by atoms with Crippen molar-refractivity contribution in [3.8, 4) is 0 Å². The Morgan fingerprint density at radius 2 is 2.00 bits per heavy atom. The summed E-state index contributed by atoms with van der Waals surface area (Å²) in [4.78, 5) is 0. The summed E-state index contributed by atoms with van der Waals surface area (Å²) < 4.78 is 19.3. The van der Waals surface area contributed by atoms with Gasteiger partial charge in [-0.2, -0.15) is 0 Å². The first-order chi connectivity index (χ1) is 8.24. The molecule has 1 N–H and O–H groups in total. The quantitative estimate of drug-likeness (QED) is 0.788. The first-order valence-corrected chi connectivity index (χ1v) is 6.25. The summed E-state index contributed by atoms with van der Waals surface area (Å²) in [7, 11) is 1.69. The SMILES string of the molecule is CCCC(OC)C(NCC)c1ccccc1F. The number of methoxy groups -OCH3 is 1. The van der Waals surface area contributed by atoms with Crippen molar-refractivity contribution in [3.05, 3.63) is 35.6 Å². The Balaban J connectivity index is 2.94. The number of ether oxygens (including phenoxy) is 1. The van der Waals surface area contributed by atoms with E-state index >= 15 is 0 Å². The summed E-state index contributed by atoms with van der Waals surface area (Å²) in [6, 6.07) is 6.82. The summed E-state index contributed by atoms with van der Waals surface area (Å²) in [6.07, 6.45) is 1.95. The minimum absolute atomic E-state index is 0.0110. The molecule has 0 fully saturated rings. The third-order valence-electron chi connectivity index (χ3n) is 2.91. The lowest BCUT2D eigenvalue weighted by atomic mass is 9.97. The molecular weight excluding hydrogens is 217 g/mol. The minimum Gasteiger partial charge on any atom is -0.379 e. The van der Waals surface area contributed by atoms with E-state index in [1.165, 1.54) is 6.07 Å². The molecule has 0 heterocycles. The molecule has 3 heteroatoms. The molecule has 0 aliphatic carbocycles. The summed E-state index contributed by atoms with van der Waals surface area (Å²) in [6.45, 7) is 4.92. The van der Waals surface area contributed by atoms with Gasteiger partial charge in [-0.25, -0.2) is 4.39 Å². The Morgan fingerprint density at radius 3 is 2.53 bits per heavy atom. The van der Waals surface area contributed by atoms with Gasteiger partial charge in [0.15, 0.2) is 0 Å². The fraction of sp³-hybridized carbons (Fsp3) is 0.571. The second-order valence-corrected chi connectivity index (χ2v) is 4.12. The van der Waals surface area contributed by atoms with Crippen molar-refractivity contribution >= 4 is 0 Å². The lowest BCUT2D eigenvalue weighted by Crippen LogP contribution is -2.33. The number of benzene rings is 1. The van der Waals surface area contributed by atoms with E-state index in [0.717, 1.165) is 19.4 Å². The fourth-order valence-electron chi connectivity index (χ4n) is 2.09. The standard InChI is InChI=1S/C14H22FNO/c1-4-8-13(17-3)14(16-5-2)11-9-6-7-10-12(11)15/h6-7,9-10,13-14,16H,4-5,8H2,1-3H3. The zero-order valence-electron chi connectivity index (χ0n) is 10.9. The number of nitrogens with one attached hydrogen (secondary N) is 1. The number of likely N-dealkylation sites (N-methyl/N-ethyl adjacent to an activating group) is 1. The van der Waals surface area contributed by atoms with Crippen molar-refractivity contribution in [2.75, 3.05) is 13.7 Å². The molecule has 17 heavy (non-hydrogen) atoms. The van der Waals surface area contributed by atoms with E-state index in [-0.39, 0.29) is 18.0 Å². The van der Waals surface area contributed by atoms with Crippen LogP contribution < -0.4 is 5.32 Å². The van der Waals surface area contributed by atoms with Crippen molar-refractivity contribution in [2.24, 2.45) is 0 Å². The lowest BCUT2D eigenvalue weighted by molar-refractivity contribution is 0.0600. The third-order valence-corrected chi connectivity index (χ3v) is 2.91. The maximum Gasteiger partial charge on any atom is 0.128 e. The smallest absolute Gasteiger partial charge is 0.128 e. The molecule has 0 radical (unpaired) electrons. The molecule has 2 nitrogen and oxygen atoms in total. The molecule has 0 saturated carbocycles. The van der Waals surface area contributed by atoms with Gasteiger partial charge in [0.1, 0.15) is 5.82 Å². The topological polar surface area (TPSA) is 21.3 Å². The van der Waals surface area contributed by atoms with Crippen molar-refractivity contribution < 1.29 is 9.13 Å². The number of hydrogen-bond donors (Lipinski definition) is 1. The van der Waals surface area contributed by atoms with Crippen LogP contribution in [0.5, 0.6) is 0 Å². The van der Waals surface area contributed by atoms with Gasteiger partial charge < -0.3 is 10.1 Å². The highest BCUT2D eigenvalue weighted by molar-refractivity contribution is 5.22. The number of halogens is 1. The maximum atomic E-state index is 13.8. The second-order valence-electron chi connectivity index (χ2n) is 4.12. The predicted octanol–water partition coefficient (Wildman–Crippen LogP) is 3.29. The Morgan fingerprint density at radius 1 is 1.29 bits per heavy atom. The van der Waals surface area contributed by atoms with Crippen LogP contribution in [0.4, 0.5) is 4.39 Å². The van der Waals surface area contributed by atoms with E-state index < -0.39 is 0 Å². The molecule has 0 aliphatic rings. The Hall–Kier alpha value is -0.930. The van der Waals surface area contributed by atoms with E-state index in [0.29, 0.717) is 5.56 Å². The predicted molar refractivity (Wildman–Crippen MR) is 68.5 cm³/mol. The van der Waals surface area contributed by atoms with Gasteiger partial charge in [-0.3, -0.25) is 0 Å². The lowest BCUT2D eigenvalue weighted by Gasteiger charge is -2.27. The average Bonchev–Trinajstić information content (AvgIpc) is 2.34. The van der Waals surface area contributed by atoms with Crippen LogP contribution in [0.15, 0.2) is 24.3 Å². The molecule has 0 spiro atoms. The minimum atomic E-state index is -0.170. The molecule has 0 saturated heterocycles. The molecule has 0 aromatic heterocycles. The monoisotopic (exact) mass is 239 g/mol. The van der Waals surface area contributed by atoms with Crippen LogP contribution >= 0.6 is 0 Å². The Kier molecular flexibility index (Phi) is 6.16. The highest BCUT2D eigenvalue weighted by atomic mass is 19.1. The highest BCUT2D eigenvalue weighted by Gasteiger charge is 2.23. The summed E-state index contributed by atoms with van der Waals surface area (Å²) in [5.74, 6) is -0.170. The molecule has 1 aromatic rings. The van der Waals surface area contributed by atoms with Crippen LogP contribution in [0.1, 0.15) is 38.3 Å². The first-order valence-electron chi connectivity index (χ1n) is 6.25. The summed E-state index contributed by atoms with van der Waals surface area (Å²) >= 11 is 0. The largest absolute Gasteiger partial charge is 0.379 e. The molecule has 0 aliphatic heterocycles. The zero-order valence-corrected chi connectivity index (χ0v) is 10.9. The molecule has 0 bridgehead atoms. The van der Waals surface area contributed by atoms with Gasteiger partial charge in [-0.1, -0.05) is 38.5 Å². The number of hydrogen-bond acceptors (Lipinski definition) is 2. The van der Waals surface area contributed by atoms with Gasteiger partial charge in [0.25, 0.3) is 0 Å². The van der Waals surface area contributed by atoms with Gasteiger partial charge >= 0.3 is 0 Å². The van der Waals surface area contributed by atoms with Gasteiger partial charge in [-0.05, 0) is 19.0 Å². The summed E-state index contributed by atoms with van der Waals surface area (Å²) in [5, 5.41) is 3.31. The summed E-state index contributed by atoms with van der Waals surface area (Å²) in [5.41, 5.74) is 0.689. The van der Waals surface area contributed by atoms with Gasteiger partial charge in [-0.15, -0.1) is 0 Å². The second kappa shape index (κ2) is 7.41. The molecule has 96 valence electrons. The third kappa shape index (κ3) is 3.79. The van der Waals surface area contributed by atoms with Crippen LogP contribution in [0.3, 0.4) is 0 Å². The highest BCUT2D eigenvalue weighted by Crippen LogP contribution is 2.24.